The topological polar surface area (TPSA) is 73.9 Å². The van der Waals surface area contributed by atoms with Crippen molar-refractivity contribution in [1.29, 1.82) is 0 Å². The van der Waals surface area contributed by atoms with Crippen LogP contribution >= 0.6 is 0 Å². The first-order chi connectivity index (χ1) is 8.34. The Hall–Kier alpha value is -1.30. The molecule has 0 saturated carbocycles. The van der Waals surface area contributed by atoms with E-state index in [1.54, 1.807) is 6.07 Å². The number of para-hydroxylation sites is 2. The molecule has 0 unspecified atom stereocenters. The molecule has 0 bridgehead atoms. The summed E-state index contributed by atoms with van der Waals surface area (Å²) in [6.07, 6.45) is 0. The Labute approximate surface area is 101 Å². The number of aliphatic hydroxyl groups is 1. The van der Waals surface area contributed by atoms with Gasteiger partial charge in [0, 0.05) is 0 Å². The molecular formula is C12H19NO4. The lowest BCUT2D eigenvalue weighted by Gasteiger charge is -2.09. The van der Waals surface area contributed by atoms with Gasteiger partial charge in [-0.05, 0) is 12.1 Å². The molecule has 0 amide bonds. The monoisotopic (exact) mass is 241 g/mol. The van der Waals surface area contributed by atoms with E-state index in [1.165, 1.54) is 0 Å². The lowest BCUT2D eigenvalue weighted by molar-refractivity contribution is 0.0248. The van der Waals surface area contributed by atoms with Gasteiger partial charge >= 0.3 is 0 Å². The number of rotatable bonds is 9. The highest BCUT2D eigenvalue weighted by atomic mass is 16.5. The Morgan fingerprint density at radius 3 is 2.29 bits per heavy atom. The third-order valence-corrected chi connectivity index (χ3v) is 2.01. The van der Waals surface area contributed by atoms with Gasteiger partial charge in [-0.25, -0.2) is 0 Å². The van der Waals surface area contributed by atoms with E-state index < -0.39 is 0 Å². The third-order valence-electron chi connectivity index (χ3n) is 2.01. The second-order valence-corrected chi connectivity index (χ2v) is 3.33. The lowest BCUT2D eigenvalue weighted by Crippen LogP contribution is -2.12. The molecule has 5 heteroatoms. The number of aliphatic hydroxyl groups excluding tert-OH is 1. The van der Waals surface area contributed by atoms with Crippen LogP contribution in [0.2, 0.25) is 0 Å². The van der Waals surface area contributed by atoms with Crippen LogP contribution in [-0.2, 0) is 9.47 Å². The summed E-state index contributed by atoms with van der Waals surface area (Å²) < 4.78 is 15.7. The van der Waals surface area contributed by atoms with Crippen molar-refractivity contribution in [3.8, 4) is 5.75 Å². The highest BCUT2D eigenvalue weighted by Gasteiger charge is 1.97. The molecule has 0 aliphatic rings. The summed E-state index contributed by atoms with van der Waals surface area (Å²) in [5.41, 5.74) is 6.33. The van der Waals surface area contributed by atoms with Crippen LogP contribution in [0.3, 0.4) is 0 Å². The second-order valence-electron chi connectivity index (χ2n) is 3.33. The third kappa shape index (κ3) is 6.11. The van der Waals surface area contributed by atoms with E-state index in [0.717, 1.165) is 0 Å². The maximum atomic E-state index is 8.46. The van der Waals surface area contributed by atoms with Crippen molar-refractivity contribution in [2.45, 2.75) is 0 Å². The first kappa shape index (κ1) is 13.8. The molecule has 0 radical (unpaired) electrons. The average Bonchev–Trinajstić information content (AvgIpc) is 2.35. The fourth-order valence-electron chi connectivity index (χ4n) is 1.21. The number of nitrogen functional groups attached to an aromatic ring is 1. The van der Waals surface area contributed by atoms with Gasteiger partial charge in [0.2, 0.25) is 0 Å². The van der Waals surface area contributed by atoms with E-state index in [4.69, 9.17) is 25.1 Å². The van der Waals surface area contributed by atoms with E-state index in [-0.39, 0.29) is 6.61 Å². The van der Waals surface area contributed by atoms with Gasteiger partial charge in [-0.1, -0.05) is 12.1 Å². The molecule has 0 aromatic heterocycles. The van der Waals surface area contributed by atoms with Crippen LogP contribution in [0, 0.1) is 0 Å². The van der Waals surface area contributed by atoms with Gasteiger partial charge in [-0.3, -0.25) is 0 Å². The minimum absolute atomic E-state index is 0.0381. The Kier molecular flexibility index (Phi) is 7.13. The molecule has 1 aromatic carbocycles. The van der Waals surface area contributed by atoms with Gasteiger partial charge in [0.05, 0.1) is 38.7 Å². The van der Waals surface area contributed by atoms with Crippen molar-refractivity contribution in [2.24, 2.45) is 0 Å². The summed E-state index contributed by atoms with van der Waals surface area (Å²) in [6.45, 7) is 2.30. The fraction of sp³-hybridized carbons (Fsp3) is 0.500. The highest BCUT2D eigenvalue weighted by Crippen LogP contribution is 2.19. The molecule has 0 atom stereocenters. The molecule has 0 heterocycles. The summed E-state index contributed by atoms with van der Waals surface area (Å²) in [5.74, 6) is 0.674. The molecule has 1 rings (SSSR count). The Morgan fingerprint density at radius 1 is 0.941 bits per heavy atom. The van der Waals surface area contributed by atoms with Crippen LogP contribution in [0.15, 0.2) is 24.3 Å². The fourth-order valence-corrected chi connectivity index (χ4v) is 1.21. The quantitative estimate of drug-likeness (QED) is 0.491. The zero-order chi connectivity index (χ0) is 12.3. The van der Waals surface area contributed by atoms with E-state index in [1.807, 2.05) is 18.2 Å². The Balaban J connectivity index is 1.99. The predicted molar refractivity (Wildman–Crippen MR) is 65.1 cm³/mol. The van der Waals surface area contributed by atoms with Crippen molar-refractivity contribution < 1.29 is 19.3 Å². The molecule has 5 nitrogen and oxygen atoms in total. The van der Waals surface area contributed by atoms with Crippen molar-refractivity contribution in [1.82, 2.24) is 0 Å². The maximum Gasteiger partial charge on any atom is 0.142 e. The maximum absolute atomic E-state index is 8.46. The van der Waals surface area contributed by atoms with Gasteiger partial charge in [0.25, 0.3) is 0 Å². The molecule has 0 aliphatic heterocycles. The van der Waals surface area contributed by atoms with E-state index >= 15 is 0 Å². The number of hydrogen-bond donors (Lipinski definition) is 2. The normalized spacial score (nSPS) is 10.4. The first-order valence-electron chi connectivity index (χ1n) is 5.58. The largest absolute Gasteiger partial charge is 0.489 e. The van der Waals surface area contributed by atoms with Crippen LogP contribution in [0.4, 0.5) is 5.69 Å². The molecule has 0 saturated heterocycles. The van der Waals surface area contributed by atoms with Crippen LogP contribution in [-0.4, -0.2) is 44.7 Å². The molecule has 17 heavy (non-hydrogen) atoms. The van der Waals surface area contributed by atoms with Gasteiger partial charge in [0.15, 0.2) is 0 Å². The Morgan fingerprint density at radius 2 is 1.59 bits per heavy atom. The molecular weight excluding hydrogens is 222 g/mol. The summed E-state index contributed by atoms with van der Waals surface area (Å²) >= 11 is 0. The summed E-state index contributed by atoms with van der Waals surface area (Å²) in [5, 5.41) is 8.46. The number of benzene rings is 1. The van der Waals surface area contributed by atoms with Gasteiger partial charge < -0.3 is 25.1 Å². The molecule has 0 aliphatic carbocycles. The molecule has 96 valence electrons. The molecule has 3 N–H and O–H groups in total. The number of ether oxygens (including phenoxy) is 3. The summed E-state index contributed by atoms with van der Waals surface area (Å²) in [7, 11) is 0. The van der Waals surface area contributed by atoms with Gasteiger partial charge in [-0.15, -0.1) is 0 Å². The summed E-state index contributed by atoms with van der Waals surface area (Å²) in [6, 6.07) is 7.34. The van der Waals surface area contributed by atoms with Crippen LogP contribution in [0.1, 0.15) is 0 Å². The predicted octanol–water partition coefficient (Wildman–Crippen LogP) is 0.673. The van der Waals surface area contributed by atoms with Crippen LogP contribution < -0.4 is 10.5 Å². The zero-order valence-electron chi connectivity index (χ0n) is 9.80. The zero-order valence-corrected chi connectivity index (χ0v) is 9.80. The SMILES string of the molecule is Nc1ccccc1OCCOCCOCCO. The van der Waals surface area contributed by atoms with Crippen LogP contribution in [0.25, 0.3) is 0 Å². The smallest absolute Gasteiger partial charge is 0.142 e. The number of nitrogens with two attached hydrogens (primary N) is 1. The molecule has 0 spiro atoms. The van der Waals surface area contributed by atoms with Crippen molar-refractivity contribution in [2.75, 3.05) is 45.4 Å². The number of hydrogen-bond acceptors (Lipinski definition) is 5. The minimum Gasteiger partial charge on any atom is -0.489 e. The van der Waals surface area contributed by atoms with Gasteiger partial charge in [-0.2, -0.15) is 0 Å². The Bertz CT molecular complexity index is 306. The van der Waals surface area contributed by atoms with E-state index in [2.05, 4.69) is 0 Å². The second kappa shape index (κ2) is 8.81. The average molecular weight is 241 g/mol. The molecule has 1 aromatic rings. The summed E-state index contributed by atoms with van der Waals surface area (Å²) in [4.78, 5) is 0. The van der Waals surface area contributed by atoms with E-state index in [0.29, 0.717) is 44.5 Å². The number of anilines is 1. The highest BCUT2D eigenvalue weighted by molar-refractivity contribution is 5.51. The lowest BCUT2D eigenvalue weighted by atomic mass is 10.3. The standard InChI is InChI=1S/C12H19NO4/c13-11-3-1-2-4-12(11)17-10-9-16-8-7-15-6-5-14/h1-4,14H,5-10,13H2. The van der Waals surface area contributed by atoms with E-state index in [9.17, 15) is 0 Å². The van der Waals surface area contributed by atoms with Crippen molar-refractivity contribution >= 4 is 5.69 Å². The molecule has 0 fully saturated rings. The van der Waals surface area contributed by atoms with Crippen molar-refractivity contribution in [3.63, 3.8) is 0 Å². The van der Waals surface area contributed by atoms with Crippen molar-refractivity contribution in [3.05, 3.63) is 24.3 Å². The van der Waals surface area contributed by atoms with Gasteiger partial charge in [0.1, 0.15) is 12.4 Å². The first-order valence-corrected chi connectivity index (χ1v) is 5.58. The minimum atomic E-state index is 0.0381. The van der Waals surface area contributed by atoms with Crippen LogP contribution in [0.5, 0.6) is 5.75 Å².